The fourth-order valence-electron chi connectivity index (χ4n) is 2.85. The molecule has 1 fully saturated rings. The monoisotopic (exact) mass is 250 g/mol. The minimum atomic E-state index is 0.741. The highest BCUT2D eigenvalue weighted by atomic mass is 16.3. The number of rotatable bonds is 5. The van der Waals surface area contributed by atoms with Crippen molar-refractivity contribution in [2.45, 2.75) is 57.7 Å². The molecular weight excluding hydrogens is 224 g/mol. The van der Waals surface area contributed by atoms with Crippen LogP contribution in [-0.2, 0) is 13.1 Å². The van der Waals surface area contributed by atoms with Crippen LogP contribution in [0.2, 0.25) is 0 Å². The van der Waals surface area contributed by atoms with Gasteiger partial charge in [-0.3, -0.25) is 4.90 Å². The van der Waals surface area contributed by atoms with Crippen molar-refractivity contribution in [2.75, 3.05) is 14.1 Å². The van der Waals surface area contributed by atoms with Crippen LogP contribution < -0.4 is 5.32 Å². The van der Waals surface area contributed by atoms with Crippen LogP contribution in [0, 0.1) is 0 Å². The van der Waals surface area contributed by atoms with Gasteiger partial charge in [-0.25, -0.2) is 0 Å². The van der Waals surface area contributed by atoms with Gasteiger partial charge in [0.05, 0.1) is 13.1 Å². The second-order valence-electron chi connectivity index (χ2n) is 5.46. The summed E-state index contributed by atoms with van der Waals surface area (Å²) in [6.45, 7) is 1.75. The van der Waals surface area contributed by atoms with Gasteiger partial charge in [0.1, 0.15) is 11.5 Å². The van der Waals surface area contributed by atoms with Crippen LogP contribution >= 0.6 is 0 Å². The Morgan fingerprint density at radius 1 is 1.17 bits per heavy atom. The fraction of sp³-hybridized carbons (Fsp3) is 0.733. The topological polar surface area (TPSA) is 28.4 Å². The van der Waals surface area contributed by atoms with Crippen molar-refractivity contribution in [1.29, 1.82) is 0 Å². The molecule has 1 aromatic rings. The molecule has 3 nitrogen and oxygen atoms in total. The molecule has 0 aromatic carbocycles. The molecule has 0 atom stereocenters. The molecule has 1 aromatic heterocycles. The molecule has 102 valence electrons. The first-order valence-electron chi connectivity index (χ1n) is 7.22. The SMILES string of the molecule is CNCc1ccc(CN(C)C2CCCCCC2)o1. The Kier molecular flexibility index (Phi) is 5.26. The Labute approximate surface area is 111 Å². The Morgan fingerprint density at radius 3 is 2.50 bits per heavy atom. The zero-order valence-corrected chi connectivity index (χ0v) is 11.7. The van der Waals surface area contributed by atoms with Gasteiger partial charge >= 0.3 is 0 Å². The van der Waals surface area contributed by atoms with Crippen LogP contribution in [0.4, 0.5) is 0 Å². The molecule has 0 unspecified atom stereocenters. The number of furan rings is 1. The van der Waals surface area contributed by atoms with Gasteiger partial charge in [0.15, 0.2) is 0 Å². The fourth-order valence-corrected chi connectivity index (χ4v) is 2.85. The first kappa shape index (κ1) is 13.6. The number of nitrogens with zero attached hydrogens (tertiary/aromatic N) is 1. The first-order chi connectivity index (χ1) is 8.79. The van der Waals surface area contributed by atoms with Crippen molar-refractivity contribution in [3.63, 3.8) is 0 Å². The molecule has 1 saturated carbocycles. The lowest BCUT2D eigenvalue weighted by Gasteiger charge is -2.26. The van der Waals surface area contributed by atoms with Gasteiger partial charge in [0.25, 0.3) is 0 Å². The van der Waals surface area contributed by atoms with Crippen molar-refractivity contribution >= 4 is 0 Å². The van der Waals surface area contributed by atoms with Crippen LogP contribution in [-0.4, -0.2) is 25.0 Å². The molecule has 1 heterocycles. The van der Waals surface area contributed by atoms with E-state index >= 15 is 0 Å². The largest absolute Gasteiger partial charge is 0.463 e. The standard InChI is InChI=1S/C15H26N2O/c1-16-11-14-9-10-15(18-14)12-17(2)13-7-5-3-4-6-8-13/h9-10,13,16H,3-8,11-12H2,1-2H3. The van der Waals surface area contributed by atoms with Crippen molar-refractivity contribution in [1.82, 2.24) is 10.2 Å². The molecule has 0 spiro atoms. The number of hydrogen-bond acceptors (Lipinski definition) is 3. The van der Waals surface area contributed by atoms with Crippen molar-refractivity contribution in [3.8, 4) is 0 Å². The van der Waals surface area contributed by atoms with Gasteiger partial charge in [0.2, 0.25) is 0 Å². The Balaban J connectivity index is 1.86. The van der Waals surface area contributed by atoms with E-state index in [1.165, 1.54) is 38.5 Å². The third-order valence-corrected chi connectivity index (χ3v) is 3.92. The summed E-state index contributed by atoms with van der Waals surface area (Å²) < 4.78 is 5.81. The summed E-state index contributed by atoms with van der Waals surface area (Å²) >= 11 is 0. The van der Waals surface area contributed by atoms with E-state index in [0.29, 0.717) is 0 Å². The first-order valence-corrected chi connectivity index (χ1v) is 7.22. The lowest BCUT2D eigenvalue weighted by atomic mass is 10.1. The summed E-state index contributed by atoms with van der Waals surface area (Å²) in [5.41, 5.74) is 0. The molecule has 0 radical (unpaired) electrons. The molecular formula is C15H26N2O. The highest BCUT2D eigenvalue weighted by Crippen LogP contribution is 2.22. The zero-order valence-electron chi connectivity index (χ0n) is 11.7. The van der Waals surface area contributed by atoms with Crippen molar-refractivity contribution in [2.24, 2.45) is 0 Å². The third kappa shape index (κ3) is 3.85. The molecule has 0 aliphatic heterocycles. The van der Waals surface area contributed by atoms with Crippen LogP contribution in [0.3, 0.4) is 0 Å². The van der Waals surface area contributed by atoms with E-state index in [1.807, 2.05) is 7.05 Å². The van der Waals surface area contributed by atoms with E-state index in [2.05, 4.69) is 29.4 Å². The maximum absolute atomic E-state index is 5.81. The lowest BCUT2D eigenvalue weighted by molar-refractivity contribution is 0.196. The predicted molar refractivity (Wildman–Crippen MR) is 74.4 cm³/mol. The minimum absolute atomic E-state index is 0.741. The average Bonchev–Trinajstić information content (AvgIpc) is 2.65. The predicted octanol–water partition coefficient (Wildman–Crippen LogP) is 3.15. The summed E-state index contributed by atoms with van der Waals surface area (Å²) in [6.07, 6.45) is 8.30. The van der Waals surface area contributed by atoms with E-state index in [1.54, 1.807) is 0 Å². The maximum atomic E-state index is 5.81. The summed E-state index contributed by atoms with van der Waals surface area (Å²) in [5.74, 6) is 2.12. The van der Waals surface area contributed by atoms with Crippen LogP contribution in [0.15, 0.2) is 16.5 Å². The van der Waals surface area contributed by atoms with Crippen molar-refractivity contribution < 1.29 is 4.42 Å². The Bertz CT molecular complexity index is 340. The molecule has 0 amide bonds. The van der Waals surface area contributed by atoms with Crippen molar-refractivity contribution in [3.05, 3.63) is 23.7 Å². The van der Waals surface area contributed by atoms with Gasteiger partial charge in [0, 0.05) is 6.04 Å². The molecule has 0 bridgehead atoms. The van der Waals surface area contributed by atoms with E-state index in [-0.39, 0.29) is 0 Å². The van der Waals surface area contributed by atoms with E-state index in [0.717, 1.165) is 30.7 Å². The summed E-state index contributed by atoms with van der Waals surface area (Å²) in [4.78, 5) is 2.47. The van der Waals surface area contributed by atoms with E-state index in [4.69, 9.17) is 4.42 Å². The summed E-state index contributed by atoms with van der Waals surface area (Å²) in [5, 5.41) is 3.11. The Morgan fingerprint density at radius 2 is 1.83 bits per heavy atom. The van der Waals surface area contributed by atoms with Crippen LogP contribution in [0.1, 0.15) is 50.0 Å². The molecule has 1 aliphatic rings. The molecule has 1 N–H and O–H groups in total. The Hall–Kier alpha value is -0.800. The molecule has 3 heteroatoms. The second kappa shape index (κ2) is 6.95. The second-order valence-corrected chi connectivity index (χ2v) is 5.46. The van der Waals surface area contributed by atoms with Crippen LogP contribution in [0.25, 0.3) is 0 Å². The number of nitrogens with one attached hydrogen (secondary N) is 1. The van der Waals surface area contributed by atoms with Crippen LogP contribution in [0.5, 0.6) is 0 Å². The van der Waals surface area contributed by atoms with Gasteiger partial charge in [-0.15, -0.1) is 0 Å². The summed E-state index contributed by atoms with van der Waals surface area (Å²) in [6, 6.07) is 4.93. The normalized spacial score (nSPS) is 18.2. The minimum Gasteiger partial charge on any atom is -0.463 e. The highest BCUT2D eigenvalue weighted by molar-refractivity contribution is 5.07. The maximum Gasteiger partial charge on any atom is 0.118 e. The zero-order chi connectivity index (χ0) is 12.8. The quantitative estimate of drug-likeness (QED) is 0.814. The molecule has 1 aliphatic carbocycles. The van der Waals surface area contributed by atoms with Gasteiger partial charge in [-0.05, 0) is 39.1 Å². The van der Waals surface area contributed by atoms with Gasteiger partial charge in [-0.2, -0.15) is 0 Å². The molecule has 2 rings (SSSR count). The highest BCUT2D eigenvalue weighted by Gasteiger charge is 2.17. The molecule has 0 saturated heterocycles. The van der Waals surface area contributed by atoms with E-state index < -0.39 is 0 Å². The smallest absolute Gasteiger partial charge is 0.118 e. The summed E-state index contributed by atoms with van der Waals surface area (Å²) in [7, 11) is 4.18. The number of hydrogen-bond donors (Lipinski definition) is 1. The average molecular weight is 250 g/mol. The lowest BCUT2D eigenvalue weighted by Crippen LogP contribution is -2.30. The molecule has 18 heavy (non-hydrogen) atoms. The third-order valence-electron chi connectivity index (χ3n) is 3.92. The van der Waals surface area contributed by atoms with Gasteiger partial charge < -0.3 is 9.73 Å². The van der Waals surface area contributed by atoms with Gasteiger partial charge in [-0.1, -0.05) is 25.7 Å². The van der Waals surface area contributed by atoms with E-state index in [9.17, 15) is 0 Å².